The summed E-state index contributed by atoms with van der Waals surface area (Å²) in [4.78, 5) is 35.4. The third kappa shape index (κ3) is 3.67. The van der Waals surface area contributed by atoms with Crippen LogP contribution in [0.4, 0.5) is 4.79 Å². The minimum Gasteiger partial charge on any atom is -0.493 e. The predicted octanol–water partition coefficient (Wildman–Crippen LogP) is 2.59. The fourth-order valence-electron chi connectivity index (χ4n) is 1.94. The number of amides is 2. The first-order chi connectivity index (χ1) is 10.9. The summed E-state index contributed by atoms with van der Waals surface area (Å²) in [7, 11) is 2.98. The van der Waals surface area contributed by atoms with Crippen molar-refractivity contribution in [2.24, 2.45) is 0 Å². The van der Waals surface area contributed by atoms with Gasteiger partial charge in [0.1, 0.15) is 6.54 Å². The second-order valence-electron chi connectivity index (χ2n) is 4.40. The lowest BCUT2D eigenvalue weighted by molar-refractivity contribution is -0.140. The standard InChI is InChI=1S/C14H12BrNO6S/c1-21-9-4-7(3-8(15)12(9)22-2)5-10-13(19)16(6-11(17)18)14(20)23-10/h3-5H,6H2,1-2H3,(H,17,18). The highest BCUT2D eigenvalue weighted by atomic mass is 79.9. The molecule has 1 aliphatic heterocycles. The first-order valence-electron chi connectivity index (χ1n) is 6.26. The van der Waals surface area contributed by atoms with Gasteiger partial charge < -0.3 is 14.6 Å². The van der Waals surface area contributed by atoms with Crippen LogP contribution in [0.25, 0.3) is 6.08 Å². The average Bonchev–Trinajstić information content (AvgIpc) is 2.73. The van der Waals surface area contributed by atoms with Gasteiger partial charge in [0.05, 0.1) is 23.6 Å². The monoisotopic (exact) mass is 401 g/mol. The van der Waals surface area contributed by atoms with E-state index in [0.717, 1.165) is 0 Å². The topological polar surface area (TPSA) is 93.1 Å². The predicted molar refractivity (Wildman–Crippen MR) is 87.6 cm³/mol. The normalized spacial score (nSPS) is 16.1. The summed E-state index contributed by atoms with van der Waals surface area (Å²) < 4.78 is 11.0. The maximum Gasteiger partial charge on any atom is 0.323 e. The maximum atomic E-state index is 12.1. The summed E-state index contributed by atoms with van der Waals surface area (Å²) in [6, 6.07) is 3.35. The highest BCUT2D eigenvalue weighted by molar-refractivity contribution is 9.10. The number of hydrogen-bond acceptors (Lipinski definition) is 6. The molecule has 1 heterocycles. The van der Waals surface area contributed by atoms with Gasteiger partial charge in [-0.05, 0) is 51.5 Å². The summed E-state index contributed by atoms with van der Waals surface area (Å²) in [5.41, 5.74) is 0.607. The molecule has 0 unspecified atom stereocenters. The molecule has 0 aromatic heterocycles. The minimum atomic E-state index is -1.25. The third-order valence-electron chi connectivity index (χ3n) is 2.92. The Kier molecular flexibility index (Phi) is 5.32. The molecule has 1 saturated heterocycles. The number of nitrogens with zero attached hydrogens (tertiary/aromatic N) is 1. The van der Waals surface area contributed by atoms with Gasteiger partial charge >= 0.3 is 5.97 Å². The Balaban J connectivity index is 2.36. The summed E-state index contributed by atoms with van der Waals surface area (Å²) in [5, 5.41) is 8.13. The fraction of sp³-hybridized carbons (Fsp3) is 0.214. The van der Waals surface area contributed by atoms with E-state index in [1.807, 2.05) is 0 Å². The van der Waals surface area contributed by atoms with E-state index in [0.29, 0.717) is 38.2 Å². The summed E-state index contributed by atoms with van der Waals surface area (Å²) in [6.45, 7) is -0.655. The van der Waals surface area contributed by atoms with Crippen LogP contribution in [0, 0.1) is 0 Å². The zero-order chi connectivity index (χ0) is 17.1. The number of benzene rings is 1. The van der Waals surface area contributed by atoms with Gasteiger partial charge in [-0.25, -0.2) is 0 Å². The van der Waals surface area contributed by atoms with Crippen molar-refractivity contribution in [3.63, 3.8) is 0 Å². The molecule has 1 fully saturated rings. The minimum absolute atomic E-state index is 0.148. The third-order valence-corrected chi connectivity index (χ3v) is 4.42. The molecular formula is C14H12BrNO6S. The van der Waals surface area contributed by atoms with Gasteiger partial charge in [-0.1, -0.05) is 0 Å². The number of imide groups is 1. The molecule has 2 amide bonds. The van der Waals surface area contributed by atoms with E-state index < -0.39 is 23.7 Å². The van der Waals surface area contributed by atoms with Crippen LogP contribution in [0.1, 0.15) is 5.56 Å². The molecule has 1 N–H and O–H groups in total. The largest absolute Gasteiger partial charge is 0.493 e. The molecule has 7 nitrogen and oxygen atoms in total. The molecule has 0 radical (unpaired) electrons. The van der Waals surface area contributed by atoms with E-state index in [-0.39, 0.29) is 4.91 Å². The lowest BCUT2D eigenvalue weighted by atomic mass is 10.2. The molecule has 1 aliphatic rings. The van der Waals surface area contributed by atoms with Crippen LogP contribution < -0.4 is 9.47 Å². The summed E-state index contributed by atoms with van der Waals surface area (Å²) in [5.74, 6) is -0.919. The molecule has 0 aliphatic carbocycles. The van der Waals surface area contributed by atoms with Crippen molar-refractivity contribution in [2.75, 3.05) is 20.8 Å². The van der Waals surface area contributed by atoms with Gasteiger partial charge in [-0.2, -0.15) is 0 Å². The SMILES string of the molecule is COc1cc(C=C2SC(=O)N(CC(=O)O)C2=O)cc(Br)c1OC. The molecule has 1 aromatic carbocycles. The number of carbonyl (C=O) groups is 3. The average molecular weight is 402 g/mol. The van der Waals surface area contributed by atoms with Crippen molar-refractivity contribution in [3.8, 4) is 11.5 Å². The Labute approximate surface area is 144 Å². The van der Waals surface area contributed by atoms with E-state index in [1.165, 1.54) is 20.3 Å². The second-order valence-corrected chi connectivity index (χ2v) is 6.25. The Morgan fingerprint density at radius 2 is 2.04 bits per heavy atom. The van der Waals surface area contributed by atoms with Gasteiger partial charge in [-0.15, -0.1) is 0 Å². The Hall–Kier alpha value is -2.00. The van der Waals surface area contributed by atoms with Crippen molar-refractivity contribution in [1.29, 1.82) is 0 Å². The van der Waals surface area contributed by atoms with Crippen LogP contribution in [0.5, 0.6) is 11.5 Å². The number of methoxy groups -OCH3 is 2. The van der Waals surface area contributed by atoms with Gasteiger partial charge in [0.15, 0.2) is 11.5 Å². The van der Waals surface area contributed by atoms with Crippen LogP contribution in [0.15, 0.2) is 21.5 Å². The zero-order valence-corrected chi connectivity index (χ0v) is 14.6. The molecule has 9 heteroatoms. The van der Waals surface area contributed by atoms with Gasteiger partial charge in [-0.3, -0.25) is 19.3 Å². The summed E-state index contributed by atoms with van der Waals surface area (Å²) in [6.07, 6.45) is 1.50. The number of hydrogen-bond donors (Lipinski definition) is 1. The fourth-order valence-corrected chi connectivity index (χ4v) is 3.40. The number of aliphatic carboxylic acids is 1. The van der Waals surface area contributed by atoms with Crippen molar-refractivity contribution >= 4 is 50.9 Å². The number of carboxylic acids is 1. The molecule has 1 aromatic rings. The van der Waals surface area contributed by atoms with Gasteiger partial charge in [0.25, 0.3) is 11.1 Å². The van der Waals surface area contributed by atoms with Crippen molar-refractivity contribution in [2.45, 2.75) is 0 Å². The van der Waals surface area contributed by atoms with E-state index in [9.17, 15) is 14.4 Å². The van der Waals surface area contributed by atoms with E-state index in [1.54, 1.807) is 12.1 Å². The number of carboxylic acid groups (broad SMARTS) is 1. The quantitative estimate of drug-likeness (QED) is 0.757. The Morgan fingerprint density at radius 3 is 2.61 bits per heavy atom. The molecule has 0 bridgehead atoms. The van der Waals surface area contributed by atoms with Crippen LogP contribution in [0.3, 0.4) is 0 Å². The molecule has 0 saturated carbocycles. The van der Waals surface area contributed by atoms with Crippen LogP contribution in [0.2, 0.25) is 0 Å². The first-order valence-corrected chi connectivity index (χ1v) is 7.87. The van der Waals surface area contributed by atoms with Crippen LogP contribution in [-0.4, -0.2) is 47.9 Å². The van der Waals surface area contributed by atoms with Gasteiger partial charge in [0.2, 0.25) is 0 Å². The number of halogens is 1. The second kappa shape index (κ2) is 7.05. The van der Waals surface area contributed by atoms with Crippen LogP contribution >= 0.6 is 27.7 Å². The van der Waals surface area contributed by atoms with Gasteiger partial charge in [0, 0.05) is 0 Å². The Morgan fingerprint density at radius 1 is 1.35 bits per heavy atom. The van der Waals surface area contributed by atoms with E-state index >= 15 is 0 Å². The number of rotatable bonds is 5. The lowest BCUT2D eigenvalue weighted by Gasteiger charge is -2.10. The summed E-state index contributed by atoms with van der Waals surface area (Å²) >= 11 is 4.03. The highest BCUT2D eigenvalue weighted by Crippen LogP contribution is 2.38. The van der Waals surface area contributed by atoms with E-state index in [2.05, 4.69) is 15.9 Å². The maximum absolute atomic E-state index is 12.1. The number of thioether (sulfide) groups is 1. The molecule has 0 atom stereocenters. The smallest absolute Gasteiger partial charge is 0.323 e. The Bertz CT molecular complexity index is 717. The van der Waals surface area contributed by atoms with E-state index in [4.69, 9.17) is 14.6 Å². The van der Waals surface area contributed by atoms with Crippen LogP contribution in [-0.2, 0) is 9.59 Å². The zero-order valence-electron chi connectivity index (χ0n) is 12.2. The lowest BCUT2D eigenvalue weighted by Crippen LogP contribution is -2.33. The molecular weight excluding hydrogens is 390 g/mol. The highest BCUT2D eigenvalue weighted by Gasteiger charge is 2.36. The van der Waals surface area contributed by atoms with Crippen molar-refractivity contribution in [3.05, 3.63) is 27.1 Å². The molecule has 0 spiro atoms. The van der Waals surface area contributed by atoms with Crippen molar-refractivity contribution in [1.82, 2.24) is 4.90 Å². The number of carbonyl (C=O) groups excluding carboxylic acids is 2. The van der Waals surface area contributed by atoms with Crippen molar-refractivity contribution < 1.29 is 29.0 Å². The molecule has 23 heavy (non-hydrogen) atoms. The first kappa shape index (κ1) is 17.4. The molecule has 122 valence electrons. The molecule has 2 rings (SSSR count). The number of ether oxygens (including phenoxy) is 2.